The van der Waals surface area contributed by atoms with Crippen LogP contribution in [0.2, 0.25) is 0 Å². The van der Waals surface area contributed by atoms with Gasteiger partial charge in [-0.3, -0.25) is 14.5 Å². The van der Waals surface area contributed by atoms with Gasteiger partial charge in [0, 0.05) is 5.75 Å². The highest BCUT2D eigenvalue weighted by Crippen LogP contribution is 2.46. The fourth-order valence-corrected chi connectivity index (χ4v) is 7.08. The summed E-state index contributed by atoms with van der Waals surface area (Å²) < 4.78 is 25.4. The van der Waals surface area contributed by atoms with Crippen LogP contribution >= 0.6 is 34.4 Å². The smallest absolute Gasteiger partial charge is 0.296 e. The van der Waals surface area contributed by atoms with E-state index in [0.29, 0.717) is 48.3 Å². The topological polar surface area (TPSA) is 115 Å². The lowest BCUT2D eigenvalue weighted by atomic mass is 9.95. The zero-order valence-corrected chi connectivity index (χ0v) is 24.2. The minimum atomic E-state index is -1.03. The lowest BCUT2D eigenvalue weighted by Gasteiger charge is -2.24. The maximum atomic E-state index is 14.1. The van der Waals surface area contributed by atoms with E-state index in [2.05, 4.69) is 15.2 Å². The number of aliphatic hydroxyl groups is 1. The van der Waals surface area contributed by atoms with Gasteiger partial charge in [0.1, 0.15) is 5.82 Å². The van der Waals surface area contributed by atoms with Crippen molar-refractivity contribution in [3.05, 3.63) is 86.3 Å². The zero-order valence-electron chi connectivity index (χ0n) is 21.8. The average Bonchev–Trinajstić information content (AvgIpc) is 3.63. The Labute approximate surface area is 241 Å². The number of rotatable bonds is 9. The number of nitrogens with zero attached hydrogens (tertiary/aromatic N) is 4. The zero-order chi connectivity index (χ0) is 28.6. The molecular formula is C27H23FN4O5S3. The molecule has 1 aliphatic heterocycles. The summed E-state index contributed by atoms with van der Waals surface area (Å²) >= 11 is 3.56. The monoisotopic (exact) mass is 598 g/mol. The van der Waals surface area contributed by atoms with Crippen LogP contribution in [-0.4, -0.2) is 46.2 Å². The number of ketones is 1. The molecule has 13 heteroatoms. The highest BCUT2D eigenvalue weighted by molar-refractivity contribution is 8.00. The lowest BCUT2D eigenvalue weighted by molar-refractivity contribution is -0.117. The number of amides is 1. The Balaban J connectivity index is 1.55. The molecule has 206 valence electrons. The highest BCUT2D eigenvalue weighted by Gasteiger charge is 2.47. The van der Waals surface area contributed by atoms with E-state index in [1.807, 2.05) is 0 Å². The number of anilines is 1. The molecule has 40 heavy (non-hydrogen) atoms. The van der Waals surface area contributed by atoms with Gasteiger partial charge in [0.05, 0.1) is 41.4 Å². The highest BCUT2D eigenvalue weighted by atomic mass is 32.2. The molecule has 3 heterocycles. The minimum Gasteiger partial charge on any atom is -0.503 e. The van der Waals surface area contributed by atoms with Gasteiger partial charge in [-0.05, 0) is 43.2 Å². The molecule has 0 aliphatic carbocycles. The minimum absolute atomic E-state index is 0.0975. The number of thiazole rings is 1. The summed E-state index contributed by atoms with van der Waals surface area (Å²) in [5.41, 5.74) is 1.41. The summed E-state index contributed by atoms with van der Waals surface area (Å²) in [4.78, 5) is 33.2. The molecule has 1 aliphatic rings. The van der Waals surface area contributed by atoms with Crippen LogP contribution in [-0.2, 0) is 10.5 Å². The van der Waals surface area contributed by atoms with Crippen LogP contribution < -0.4 is 14.4 Å². The van der Waals surface area contributed by atoms with Crippen molar-refractivity contribution >= 4 is 51.3 Å². The van der Waals surface area contributed by atoms with Crippen LogP contribution in [0.5, 0.6) is 11.5 Å². The number of carbonyl (C=O) groups excluding carboxylic acids is 2. The predicted molar refractivity (Wildman–Crippen MR) is 151 cm³/mol. The second-order valence-corrected chi connectivity index (χ2v) is 12.0. The normalized spacial score (nSPS) is 15.2. The van der Waals surface area contributed by atoms with Gasteiger partial charge >= 0.3 is 0 Å². The standard InChI is InChI=1S/C27H23FN4O5S3/c1-13-24(39-14(2)29-13)22(33)20-21(15-9-10-18(36-3)19(11-15)37-4)32(25(35)23(20)34)26-30-31-27(40-26)38-12-16-7-5-6-8-17(16)28/h5-11,21,34H,12H2,1-4H3. The number of Topliss-reactive ketones (excluding diaryl/α,β-unsaturated/α-hetero) is 1. The van der Waals surface area contributed by atoms with Gasteiger partial charge in [-0.2, -0.15) is 0 Å². The molecule has 2 aromatic carbocycles. The van der Waals surface area contributed by atoms with Crippen LogP contribution in [0, 0.1) is 19.7 Å². The molecule has 1 unspecified atom stereocenters. The number of ether oxygens (including phenoxy) is 2. The quantitative estimate of drug-likeness (QED) is 0.144. The molecule has 1 atom stereocenters. The Bertz CT molecular complexity index is 1650. The third-order valence-electron chi connectivity index (χ3n) is 6.20. The van der Waals surface area contributed by atoms with E-state index in [1.54, 1.807) is 50.2 Å². The number of halogens is 1. The molecule has 0 saturated carbocycles. The van der Waals surface area contributed by atoms with E-state index in [4.69, 9.17) is 9.47 Å². The predicted octanol–water partition coefficient (Wildman–Crippen LogP) is 5.84. The van der Waals surface area contributed by atoms with E-state index < -0.39 is 23.5 Å². The van der Waals surface area contributed by atoms with Gasteiger partial charge in [-0.1, -0.05) is 47.4 Å². The summed E-state index contributed by atoms with van der Waals surface area (Å²) in [6.07, 6.45) is 0. The van der Waals surface area contributed by atoms with Crippen molar-refractivity contribution in [2.75, 3.05) is 19.1 Å². The first-order valence-electron chi connectivity index (χ1n) is 11.9. The maximum absolute atomic E-state index is 14.1. The molecule has 0 fully saturated rings. The van der Waals surface area contributed by atoms with E-state index in [9.17, 15) is 19.1 Å². The van der Waals surface area contributed by atoms with Gasteiger partial charge in [-0.25, -0.2) is 9.37 Å². The molecule has 4 aromatic rings. The third kappa shape index (κ3) is 5.07. The Morgan fingerprint density at radius 1 is 1.10 bits per heavy atom. The number of aryl methyl sites for hydroxylation is 2. The molecule has 9 nitrogen and oxygen atoms in total. The van der Waals surface area contributed by atoms with Crippen LogP contribution in [0.4, 0.5) is 9.52 Å². The van der Waals surface area contributed by atoms with Gasteiger partial charge < -0.3 is 14.6 Å². The maximum Gasteiger partial charge on any atom is 0.296 e. The number of aliphatic hydroxyl groups excluding tert-OH is 1. The molecule has 0 saturated heterocycles. The van der Waals surface area contributed by atoms with Crippen LogP contribution in [0.3, 0.4) is 0 Å². The van der Waals surface area contributed by atoms with E-state index in [-0.39, 0.29) is 16.5 Å². The Kier molecular flexibility index (Phi) is 7.88. The number of thioether (sulfide) groups is 1. The molecule has 2 aromatic heterocycles. The van der Waals surface area contributed by atoms with Gasteiger partial charge in [-0.15, -0.1) is 21.5 Å². The number of carbonyl (C=O) groups is 2. The van der Waals surface area contributed by atoms with Crippen LogP contribution in [0.15, 0.2) is 58.1 Å². The summed E-state index contributed by atoms with van der Waals surface area (Å²) in [6.45, 7) is 3.49. The Hall–Kier alpha value is -3.81. The third-order valence-corrected chi connectivity index (χ3v) is 9.37. The molecule has 0 radical (unpaired) electrons. The second kappa shape index (κ2) is 11.4. The number of hydrogen-bond acceptors (Lipinski definition) is 11. The Morgan fingerprint density at radius 3 is 2.52 bits per heavy atom. The van der Waals surface area contributed by atoms with Crippen molar-refractivity contribution in [3.63, 3.8) is 0 Å². The van der Waals surface area contributed by atoms with Crippen molar-refractivity contribution in [3.8, 4) is 11.5 Å². The van der Waals surface area contributed by atoms with Crippen molar-refractivity contribution < 1.29 is 28.6 Å². The number of hydrogen-bond donors (Lipinski definition) is 1. The average molecular weight is 599 g/mol. The van der Waals surface area contributed by atoms with Crippen molar-refractivity contribution in [2.45, 2.75) is 30.0 Å². The van der Waals surface area contributed by atoms with E-state index in [0.717, 1.165) is 11.3 Å². The summed E-state index contributed by atoms with van der Waals surface area (Å²) in [5.74, 6) is -1.14. The first-order valence-corrected chi connectivity index (χ1v) is 14.5. The fourth-order valence-electron chi connectivity index (χ4n) is 4.35. The summed E-state index contributed by atoms with van der Waals surface area (Å²) in [7, 11) is 2.98. The summed E-state index contributed by atoms with van der Waals surface area (Å²) in [5, 5.41) is 20.3. The number of methoxy groups -OCH3 is 2. The number of aromatic nitrogens is 3. The fraction of sp³-hybridized carbons (Fsp3) is 0.222. The van der Waals surface area contributed by atoms with Gasteiger partial charge in [0.2, 0.25) is 10.9 Å². The largest absolute Gasteiger partial charge is 0.503 e. The molecule has 0 bridgehead atoms. The molecular weight excluding hydrogens is 576 g/mol. The van der Waals surface area contributed by atoms with E-state index in [1.165, 1.54) is 48.3 Å². The molecule has 5 rings (SSSR count). The molecule has 1 N–H and O–H groups in total. The van der Waals surface area contributed by atoms with Crippen molar-refractivity contribution in [2.24, 2.45) is 0 Å². The van der Waals surface area contributed by atoms with Crippen molar-refractivity contribution in [1.82, 2.24) is 15.2 Å². The SMILES string of the molecule is COc1ccc(C2C(C(=O)c3sc(C)nc3C)=C(O)C(=O)N2c2nnc(SCc3ccccc3F)s2)cc1OC. The number of benzene rings is 2. The second-order valence-electron chi connectivity index (χ2n) is 8.66. The first kappa shape index (κ1) is 27.7. The lowest BCUT2D eigenvalue weighted by Crippen LogP contribution is -2.31. The summed E-state index contributed by atoms with van der Waals surface area (Å²) in [6, 6.07) is 10.4. The van der Waals surface area contributed by atoms with E-state index >= 15 is 0 Å². The van der Waals surface area contributed by atoms with Crippen molar-refractivity contribution in [1.29, 1.82) is 0 Å². The Morgan fingerprint density at radius 2 is 1.85 bits per heavy atom. The van der Waals surface area contributed by atoms with Crippen LogP contribution in [0.25, 0.3) is 0 Å². The van der Waals surface area contributed by atoms with Gasteiger partial charge in [0.25, 0.3) is 5.91 Å². The van der Waals surface area contributed by atoms with Gasteiger partial charge in [0.15, 0.2) is 21.6 Å². The first-order chi connectivity index (χ1) is 19.2. The molecule has 1 amide bonds. The molecule has 0 spiro atoms. The van der Waals surface area contributed by atoms with Crippen LogP contribution in [0.1, 0.15) is 37.5 Å².